The van der Waals surface area contributed by atoms with Crippen LogP contribution in [0.5, 0.6) is 0 Å². The van der Waals surface area contributed by atoms with Crippen LogP contribution in [0.4, 0.5) is 0 Å². The number of ether oxygens (including phenoxy) is 1. The van der Waals surface area contributed by atoms with Crippen LogP contribution in [-0.2, 0) is 4.74 Å². The summed E-state index contributed by atoms with van der Waals surface area (Å²) in [7, 11) is 5.54. The fraction of sp³-hybridized carbons (Fsp3) is 0.833. The van der Waals surface area contributed by atoms with Gasteiger partial charge in [-0.15, -0.1) is 0 Å². The largest absolute Gasteiger partial charge is 0.457 e. The van der Waals surface area contributed by atoms with E-state index in [1.165, 1.54) is 0 Å². The molecule has 0 saturated carbocycles. The minimum absolute atomic E-state index is 0.437. The highest BCUT2D eigenvalue weighted by atomic mass is 16.5. The molecule has 1 aliphatic rings. The van der Waals surface area contributed by atoms with Crippen molar-refractivity contribution in [2.45, 2.75) is 12.5 Å². The number of methoxy groups -OCH3 is 1. The van der Waals surface area contributed by atoms with Crippen molar-refractivity contribution in [1.82, 2.24) is 4.90 Å². The zero-order valence-corrected chi connectivity index (χ0v) is 5.26. The van der Waals surface area contributed by atoms with Gasteiger partial charge in [-0.05, 0) is 19.5 Å². The Morgan fingerprint density at radius 1 is 1.75 bits per heavy atom. The van der Waals surface area contributed by atoms with E-state index in [0.29, 0.717) is 6.10 Å². The van der Waals surface area contributed by atoms with Gasteiger partial charge in [0.05, 0.1) is 6.10 Å². The zero-order chi connectivity index (χ0) is 5.98. The minimum Gasteiger partial charge on any atom is -0.457 e. The Labute approximate surface area is 50.4 Å². The second-order valence-corrected chi connectivity index (χ2v) is 2.22. The number of rotatable bonds is 1. The van der Waals surface area contributed by atoms with Gasteiger partial charge >= 0.3 is 0 Å². The maximum absolute atomic E-state index is 5.10. The molecule has 0 aromatic rings. The smallest absolute Gasteiger partial charge is 0.0685 e. The van der Waals surface area contributed by atoms with E-state index in [4.69, 9.17) is 4.74 Å². The fourth-order valence-corrected chi connectivity index (χ4v) is 0.990. The van der Waals surface area contributed by atoms with Crippen molar-refractivity contribution in [1.29, 1.82) is 0 Å². The van der Waals surface area contributed by atoms with Gasteiger partial charge < -0.3 is 9.64 Å². The molecule has 8 heavy (non-hydrogen) atoms. The molecule has 1 heterocycles. The Hall–Kier alpha value is -0.0800. The number of nitrogens with zero attached hydrogens (tertiary/aromatic N) is 1. The molecule has 1 saturated heterocycles. The van der Waals surface area contributed by atoms with Gasteiger partial charge in [0.1, 0.15) is 0 Å². The fourth-order valence-electron chi connectivity index (χ4n) is 0.990. The second kappa shape index (κ2) is 2.46. The van der Waals surface area contributed by atoms with Crippen LogP contribution in [-0.4, -0.2) is 31.2 Å². The van der Waals surface area contributed by atoms with Gasteiger partial charge in [-0.1, -0.05) is 0 Å². The monoisotopic (exact) mass is 114 g/mol. The Kier molecular flexibility index (Phi) is 1.86. The van der Waals surface area contributed by atoms with E-state index in [0.717, 1.165) is 19.5 Å². The molecule has 1 aliphatic heterocycles. The molecule has 1 atom stereocenters. The minimum atomic E-state index is 0.437. The molecule has 0 amide bonds. The summed E-state index contributed by atoms with van der Waals surface area (Å²) in [5, 5.41) is 0. The van der Waals surface area contributed by atoms with Crippen LogP contribution < -0.4 is 0 Å². The van der Waals surface area contributed by atoms with Crippen molar-refractivity contribution in [2.24, 2.45) is 0 Å². The summed E-state index contributed by atoms with van der Waals surface area (Å²) in [6, 6.07) is 0. The van der Waals surface area contributed by atoms with Gasteiger partial charge in [-0.25, -0.2) is 0 Å². The molecule has 1 rings (SSSR count). The molecule has 0 radical (unpaired) electrons. The lowest BCUT2D eigenvalue weighted by molar-refractivity contribution is 0.112. The molecule has 0 unspecified atom stereocenters. The van der Waals surface area contributed by atoms with E-state index in [1.54, 1.807) is 7.11 Å². The van der Waals surface area contributed by atoms with Crippen LogP contribution in [0.25, 0.3) is 0 Å². The topological polar surface area (TPSA) is 12.5 Å². The Bertz CT molecular complexity index is 74.9. The van der Waals surface area contributed by atoms with Crippen LogP contribution in [0.1, 0.15) is 6.42 Å². The van der Waals surface area contributed by atoms with Gasteiger partial charge in [0.2, 0.25) is 0 Å². The molecule has 48 valence electrons. The lowest BCUT2D eigenvalue weighted by Crippen LogP contribution is -2.15. The molecule has 2 heteroatoms. The number of hydrogen-bond acceptors (Lipinski definition) is 2. The normalized spacial score (nSPS) is 31.5. The summed E-state index contributed by atoms with van der Waals surface area (Å²) >= 11 is 0. The van der Waals surface area contributed by atoms with Crippen molar-refractivity contribution in [2.75, 3.05) is 20.2 Å². The molecule has 2 nitrogen and oxygen atoms in total. The molecular weight excluding hydrogens is 102 g/mol. The standard InChI is InChI=1S/C6H12NO/c1-7-4-3-6(5-7)8-2/h6H,1,3-5H2,2H3/q-1/t6-/m1/s1. The zero-order valence-electron chi connectivity index (χ0n) is 5.26. The molecule has 0 aliphatic carbocycles. The highest BCUT2D eigenvalue weighted by Gasteiger charge is 2.13. The Balaban J connectivity index is 2.22. The Morgan fingerprint density at radius 2 is 2.50 bits per heavy atom. The van der Waals surface area contributed by atoms with Crippen molar-refractivity contribution < 1.29 is 4.74 Å². The van der Waals surface area contributed by atoms with Crippen LogP contribution in [0.3, 0.4) is 0 Å². The number of likely N-dealkylation sites (tertiary alicyclic amines) is 1. The Morgan fingerprint density at radius 3 is 2.75 bits per heavy atom. The van der Waals surface area contributed by atoms with Crippen LogP contribution in [0.15, 0.2) is 0 Å². The van der Waals surface area contributed by atoms with E-state index in [9.17, 15) is 0 Å². The summed E-state index contributed by atoms with van der Waals surface area (Å²) in [5.41, 5.74) is 0. The third-order valence-electron chi connectivity index (χ3n) is 1.56. The van der Waals surface area contributed by atoms with E-state index in [1.807, 2.05) is 4.90 Å². The van der Waals surface area contributed by atoms with Crippen LogP contribution in [0.2, 0.25) is 0 Å². The summed E-state index contributed by atoms with van der Waals surface area (Å²) in [4.78, 5) is 2.04. The van der Waals surface area contributed by atoms with E-state index >= 15 is 0 Å². The molecule has 0 aromatic heterocycles. The molecule has 0 N–H and O–H groups in total. The maximum atomic E-state index is 5.10. The first-order valence-corrected chi connectivity index (χ1v) is 2.91. The summed E-state index contributed by atoms with van der Waals surface area (Å²) in [6.07, 6.45) is 1.58. The van der Waals surface area contributed by atoms with Crippen molar-refractivity contribution >= 4 is 0 Å². The van der Waals surface area contributed by atoms with Gasteiger partial charge in [-0.2, -0.15) is 0 Å². The molecule has 0 spiro atoms. The van der Waals surface area contributed by atoms with Crippen molar-refractivity contribution in [3.05, 3.63) is 7.05 Å². The third kappa shape index (κ3) is 1.20. The molecular formula is C6H12NO-. The van der Waals surface area contributed by atoms with E-state index < -0.39 is 0 Å². The SMILES string of the molecule is [CH2-]N1CC[C@@H](OC)C1. The summed E-state index contributed by atoms with van der Waals surface area (Å²) in [6.45, 7) is 2.08. The number of hydrogen-bond donors (Lipinski definition) is 0. The molecule has 1 fully saturated rings. The van der Waals surface area contributed by atoms with Crippen LogP contribution >= 0.6 is 0 Å². The van der Waals surface area contributed by atoms with E-state index in [-0.39, 0.29) is 0 Å². The van der Waals surface area contributed by atoms with Crippen LogP contribution in [0, 0.1) is 7.05 Å². The highest BCUT2D eigenvalue weighted by Crippen LogP contribution is 2.08. The summed E-state index contributed by atoms with van der Waals surface area (Å²) in [5.74, 6) is 0. The molecule has 0 bridgehead atoms. The van der Waals surface area contributed by atoms with Gasteiger partial charge in [-0.3, -0.25) is 7.05 Å². The average molecular weight is 114 g/mol. The first-order valence-electron chi connectivity index (χ1n) is 2.91. The van der Waals surface area contributed by atoms with E-state index in [2.05, 4.69) is 7.05 Å². The first kappa shape index (κ1) is 6.05. The third-order valence-corrected chi connectivity index (χ3v) is 1.56. The lowest BCUT2D eigenvalue weighted by Gasteiger charge is -2.15. The van der Waals surface area contributed by atoms with Gasteiger partial charge in [0, 0.05) is 7.11 Å². The van der Waals surface area contributed by atoms with Gasteiger partial charge in [0.25, 0.3) is 0 Å². The lowest BCUT2D eigenvalue weighted by atomic mass is 10.3. The summed E-state index contributed by atoms with van der Waals surface area (Å²) < 4.78 is 5.10. The van der Waals surface area contributed by atoms with Crippen molar-refractivity contribution in [3.63, 3.8) is 0 Å². The highest BCUT2D eigenvalue weighted by molar-refractivity contribution is 4.74. The second-order valence-electron chi connectivity index (χ2n) is 2.22. The average Bonchev–Trinajstić information content (AvgIpc) is 2.14. The molecule has 0 aromatic carbocycles. The predicted octanol–water partition coefficient (Wildman–Crippen LogP) is 0.499. The first-order chi connectivity index (χ1) is 3.83. The quantitative estimate of drug-likeness (QED) is 0.460. The maximum Gasteiger partial charge on any atom is 0.0685 e. The van der Waals surface area contributed by atoms with Crippen molar-refractivity contribution in [3.8, 4) is 0 Å². The predicted molar refractivity (Wildman–Crippen MR) is 32.3 cm³/mol. The van der Waals surface area contributed by atoms with Gasteiger partial charge in [0.15, 0.2) is 0 Å².